The minimum absolute atomic E-state index is 0.241. The van der Waals surface area contributed by atoms with Crippen molar-refractivity contribution in [1.29, 1.82) is 0 Å². The van der Waals surface area contributed by atoms with Crippen molar-refractivity contribution in [3.8, 4) is 0 Å². The van der Waals surface area contributed by atoms with E-state index in [1.165, 1.54) is 12.1 Å². The van der Waals surface area contributed by atoms with Crippen molar-refractivity contribution in [3.05, 3.63) is 77.9 Å². The molecule has 154 valence electrons. The molecule has 1 aromatic carbocycles. The number of nitrogens with one attached hydrogen (secondary N) is 1. The fraction of sp³-hybridized carbons (Fsp3) is 0.261. The molecule has 1 N–H and O–H groups in total. The molecule has 0 radical (unpaired) electrons. The number of carbonyl (C=O) groups excluding carboxylic acids is 1. The lowest BCUT2D eigenvalue weighted by Crippen LogP contribution is -2.37. The second-order valence-electron chi connectivity index (χ2n) is 7.28. The van der Waals surface area contributed by atoms with E-state index in [2.05, 4.69) is 15.2 Å². The molecule has 0 spiro atoms. The topological polar surface area (TPSA) is 61.4 Å². The number of pyridine rings is 2. The van der Waals surface area contributed by atoms with Crippen LogP contribution in [-0.2, 0) is 17.8 Å². The van der Waals surface area contributed by atoms with Crippen molar-refractivity contribution < 1.29 is 9.18 Å². The molecular weight excluding hydrogens is 381 g/mol. The van der Waals surface area contributed by atoms with Gasteiger partial charge in [-0.3, -0.25) is 9.78 Å². The van der Waals surface area contributed by atoms with Gasteiger partial charge < -0.3 is 15.1 Å². The Morgan fingerprint density at radius 2 is 2.00 bits per heavy atom. The van der Waals surface area contributed by atoms with Crippen LogP contribution >= 0.6 is 0 Å². The molecular formula is C23H24FN5O. The highest BCUT2D eigenvalue weighted by Gasteiger charge is 2.19. The van der Waals surface area contributed by atoms with Crippen LogP contribution in [0.15, 0.2) is 60.9 Å². The minimum Gasteiger partial charge on any atom is -0.368 e. The van der Waals surface area contributed by atoms with Crippen LogP contribution in [0.3, 0.4) is 0 Å². The minimum atomic E-state index is -0.241. The number of amides is 1. The summed E-state index contributed by atoms with van der Waals surface area (Å²) in [5.41, 5.74) is 2.55. The molecule has 1 amide bonds. The van der Waals surface area contributed by atoms with E-state index in [9.17, 15) is 9.18 Å². The summed E-state index contributed by atoms with van der Waals surface area (Å²) in [6.07, 6.45) is 6.07. The molecule has 3 aromatic rings. The maximum atomic E-state index is 13.4. The summed E-state index contributed by atoms with van der Waals surface area (Å²) >= 11 is 0. The zero-order valence-electron chi connectivity index (χ0n) is 16.7. The van der Waals surface area contributed by atoms with Crippen LogP contribution in [0.5, 0.6) is 0 Å². The maximum absolute atomic E-state index is 13.4. The molecule has 3 heterocycles. The summed E-state index contributed by atoms with van der Waals surface area (Å²) in [6.45, 7) is 2.96. The first-order chi connectivity index (χ1) is 14.7. The van der Waals surface area contributed by atoms with Gasteiger partial charge in [-0.15, -0.1) is 0 Å². The van der Waals surface area contributed by atoms with Gasteiger partial charge in [-0.05, 0) is 54.3 Å². The number of benzene rings is 1. The van der Waals surface area contributed by atoms with Crippen LogP contribution in [0.2, 0.25) is 0 Å². The summed E-state index contributed by atoms with van der Waals surface area (Å²) < 4.78 is 13.4. The van der Waals surface area contributed by atoms with E-state index in [-0.39, 0.29) is 5.82 Å². The number of nitrogens with zero attached hydrogens (tertiary/aromatic N) is 4. The summed E-state index contributed by atoms with van der Waals surface area (Å²) in [5.74, 6) is 1.30. The van der Waals surface area contributed by atoms with Crippen LogP contribution in [-0.4, -0.2) is 36.0 Å². The lowest BCUT2D eigenvalue weighted by atomic mass is 10.1. The Balaban J connectivity index is 1.54. The van der Waals surface area contributed by atoms with Crippen LogP contribution in [0.4, 0.5) is 21.7 Å². The molecule has 2 aromatic heterocycles. The summed E-state index contributed by atoms with van der Waals surface area (Å²) in [4.78, 5) is 24.6. The molecule has 1 saturated heterocycles. The van der Waals surface area contributed by atoms with Gasteiger partial charge in [-0.2, -0.15) is 0 Å². The van der Waals surface area contributed by atoms with Gasteiger partial charge in [0.1, 0.15) is 11.6 Å². The van der Waals surface area contributed by atoms with E-state index in [0.717, 1.165) is 42.9 Å². The average molecular weight is 405 g/mol. The van der Waals surface area contributed by atoms with Crippen LogP contribution < -0.4 is 15.1 Å². The molecule has 0 saturated carbocycles. The van der Waals surface area contributed by atoms with E-state index in [1.807, 2.05) is 30.3 Å². The van der Waals surface area contributed by atoms with Crippen molar-refractivity contribution >= 4 is 23.7 Å². The quantitative estimate of drug-likeness (QED) is 0.551. The summed E-state index contributed by atoms with van der Waals surface area (Å²) in [5, 5.41) is 3.35. The molecule has 4 rings (SSSR count). The van der Waals surface area contributed by atoms with Crippen molar-refractivity contribution in [2.75, 3.05) is 34.8 Å². The molecule has 0 atom stereocenters. The predicted octanol–water partition coefficient (Wildman–Crippen LogP) is 3.64. The lowest BCUT2D eigenvalue weighted by molar-refractivity contribution is -0.107. The number of rotatable bonds is 9. The normalized spacial score (nSPS) is 12.9. The number of carbonyl (C=O) groups is 1. The molecule has 6 nitrogen and oxygen atoms in total. The van der Waals surface area contributed by atoms with Gasteiger partial charge in [0.05, 0.1) is 12.2 Å². The number of halogens is 1. The molecule has 1 fully saturated rings. The van der Waals surface area contributed by atoms with Gasteiger partial charge >= 0.3 is 0 Å². The molecule has 0 unspecified atom stereocenters. The van der Waals surface area contributed by atoms with Crippen molar-refractivity contribution in [2.45, 2.75) is 19.4 Å². The van der Waals surface area contributed by atoms with E-state index in [1.54, 1.807) is 23.4 Å². The number of aromatic nitrogens is 2. The van der Waals surface area contributed by atoms with E-state index in [4.69, 9.17) is 4.98 Å². The smallest absolute Gasteiger partial charge is 0.214 e. The monoisotopic (exact) mass is 405 g/mol. The molecule has 30 heavy (non-hydrogen) atoms. The fourth-order valence-corrected chi connectivity index (χ4v) is 3.41. The van der Waals surface area contributed by atoms with Crippen LogP contribution in [0, 0.1) is 5.82 Å². The fourth-order valence-electron chi connectivity index (χ4n) is 3.41. The van der Waals surface area contributed by atoms with E-state index in [0.29, 0.717) is 31.0 Å². The first kappa shape index (κ1) is 19.8. The highest BCUT2D eigenvalue weighted by molar-refractivity contribution is 5.82. The van der Waals surface area contributed by atoms with Gasteiger partial charge in [-0.1, -0.05) is 18.2 Å². The largest absolute Gasteiger partial charge is 0.368 e. The van der Waals surface area contributed by atoms with Gasteiger partial charge in [0.15, 0.2) is 5.82 Å². The second kappa shape index (κ2) is 9.35. The first-order valence-corrected chi connectivity index (χ1v) is 10.1. The van der Waals surface area contributed by atoms with Gasteiger partial charge in [0.25, 0.3) is 0 Å². The Morgan fingerprint density at radius 3 is 2.70 bits per heavy atom. The van der Waals surface area contributed by atoms with E-state index >= 15 is 0 Å². The van der Waals surface area contributed by atoms with Crippen molar-refractivity contribution in [2.24, 2.45) is 0 Å². The van der Waals surface area contributed by atoms with Crippen molar-refractivity contribution in [3.63, 3.8) is 0 Å². The highest BCUT2D eigenvalue weighted by atomic mass is 19.1. The van der Waals surface area contributed by atoms with Crippen molar-refractivity contribution in [1.82, 2.24) is 9.97 Å². The maximum Gasteiger partial charge on any atom is 0.214 e. The van der Waals surface area contributed by atoms with Crippen LogP contribution in [0.25, 0.3) is 0 Å². The SMILES string of the molecule is O=CN(Cc1cccnc1)c1ccc(N2CCC2)nc1NCCc1cccc(F)c1. The Morgan fingerprint density at radius 1 is 1.13 bits per heavy atom. The summed E-state index contributed by atoms with van der Waals surface area (Å²) in [7, 11) is 0. The standard InChI is InChI=1S/C23H24FN5O/c24-20-6-1-4-18(14-20)9-11-26-23-21(7-8-22(27-23)28-12-3-13-28)29(17-30)16-19-5-2-10-25-15-19/h1-2,4-8,10,14-15,17H,3,9,11-13,16H2,(H,26,27). The number of anilines is 3. The van der Waals surface area contributed by atoms with Gasteiger partial charge in [-0.25, -0.2) is 9.37 Å². The first-order valence-electron chi connectivity index (χ1n) is 10.1. The predicted molar refractivity (Wildman–Crippen MR) is 116 cm³/mol. The highest BCUT2D eigenvalue weighted by Crippen LogP contribution is 2.29. The van der Waals surface area contributed by atoms with E-state index < -0.39 is 0 Å². The lowest BCUT2D eigenvalue weighted by Gasteiger charge is -2.33. The Hall–Kier alpha value is -3.48. The molecule has 7 heteroatoms. The number of hydrogen-bond donors (Lipinski definition) is 1. The van der Waals surface area contributed by atoms with Crippen LogP contribution in [0.1, 0.15) is 17.5 Å². The molecule has 1 aliphatic heterocycles. The van der Waals surface area contributed by atoms with Gasteiger partial charge in [0, 0.05) is 32.0 Å². The zero-order valence-corrected chi connectivity index (χ0v) is 16.7. The third-order valence-corrected chi connectivity index (χ3v) is 5.15. The molecule has 0 aliphatic carbocycles. The second-order valence-corrected chi connectivity index (χ2v) is 7.28. The average Bonchev–Trinajstić information content (AvgIpc) is 2.72. The Bertz CT molecular complexity index is 994. The third kappa shape index (κ3) is 4.74. The molecule has 0 bridgehead atoms. The van der Waals surface area contributed by atoms with Gasteiger partial charge in [0.2, 0.25) is 6.41 Å². The zero-order chi connectivity index (χ0) is 20.8. The Kier molecular flexibility index (Phi) is 6.17. The Labute approximate surface area is 175 Å². The number of hydrogen-bond acceptors (Lipinski definition) is 5. The molecule has 1 aliphatic rings. The third-order valence-electron chi connectivity index (χ3n) is 5.15. The summed E-state index contributed by atoms with van der Waals surface area (Å²) in [6, 6.07) is 14.2.